The van der Waals surface area contributed by atoms with E-state index in [1.54, 1.807) is 0 Å². The summed E-state index contributed by atoms with van der Waals surface area (Å²) in [5.41, 5.74) is 1.73. The van der Waals surface area contributed by atoms with Crippen LogP contribution in [0.25, 0.3) is 0 Å². The molecule has 0 aromatic heterocycles. The van der Waals surface area contributed by atoms with Crippen molar-refractivity contribution in [2.45, 2.75) is 29.1 Å². The second kappa shape index (κ2) is 4.82. The molecule has 4 heteroatoms. The molecule has 0 spiro atoms. The van der Waals surface area contributed by atoms with Gasteiger partial charge in [0.05, 0.1) is 16.3 Å². The van der Waals surface area contributed by atoms with E-state index in [4.69, 9.17) is 4.74 Å². The van der Waals surface area contributed by atoms with Crippen LogP contribution in [0.1, 0.15) is 22.9 Å². The molecule has 0 saturated carbocycles. The zero-order valence-corrected chi connectivity index (χ0v) is 12.9. The van der Waals surface area contributed by atoms with Crippen LogP contribution in [0.5, 0.6) is 0 Å². The van der Waals surface area contributed by atoms with Crippen LogP contribution in [0.15, 0.2) is 24.3 Å². The van der Waals surface area contributed by atoms with E-state index < -0.39 is 5.60 Å². The molecule has 2 rings (SSSR count). The second-order valence-corrected chi connectivity index (χ2v) is 6.57. The van der Waals surface area contributed by atoms with E-state index in [1.165, 1.54) is 5.56 Å². The summed E-state index contributed by atoms with van der Waals surface area (Å²) in [6.45, 7) is 4.41. The smallest absolute Gasteiger partial charge is 0.181 e. The average molecular weight is 362 g/mol. The van der Waals surface area contributed by atoms with Crippen LogP contribution < -0.4 is 0 Å². The molecule has 0 N–H and O–H groups in total. The van der Waals surface area contributed by atoms with Crippen molar-refractivity contribution in [3.8, 4) is 0 Å². The third kappa shape index (κ3) is 2.80. The molecule has 3 atom stereocenters. The van der Waals surface area contributed by atoms with Gasteiger partial charge in [-0.15, -0.1) is 0 Å². The van der Waals surface area contributed by atoms with Gasteiger partial charge in [-0.1, -0.05) is 61.7 Å². The lowest BCUT2D eigenvalue weighted by molar-refractivity contribution is -0.122. The van der Waals surface area contributed by atoms with Crippen molar-refractivity contribution in [1.82, 2.24) is 0 Å². The van der Waals surface area contributed by atoms with Gasteiger partial charge in [-0.2, -0.15) is 0 Å². The molecule has 17 heavy (non-hydrogen) atoms. The van der Waals surface area contributed by atoms with Crippen LogP contribution in [0, 0.1) is 6.92 Å². The first kappa shape index (κ1) is 13.2. The molecule has 1 aromatic carbocycles. The monoisotopic (exact) mass is 360 g/mol. The number of benzene rings is 1. The number of hydrogen-bond acceptors (Lipinski definition) is 2. The van der Waals surface area contributed by atoms with E-state index in [2.05, 4.69) is 31.9 Å². The first-order valence-electron chi connectivity index (χ1n) is 5.47. The Morgan fingerprint density at radius 3 is 2.35 bits per heavy atom. The molecule has 2 nitrogen and oxygen atoms in total. The van der Waals surface area contributed by atoms with E-state index in [0.29, 0.717) is 6.61 Å². The predicted octanol–water partition coefficient (Wildman–Crippen LogP) is 3.55. The zero-order chi connectivity index (χ0) is 12.6. The minimum Gasteiger partial charge on any atom is -0.362 e. The second-order valence-electron chi connectivity index (χ2n) is 4.60. The summed E-state index contributed by atoms with van der Waals surface area (Å²) in [6.07, 6.45) is 0. The fourth-order valence-corrected chi connectivity index (χ4v) is 2.93. The van der Waals surface area contributed by atoms with Gasteiger partial charge >= 0.3 is 0 Å². The Balaban J connectivity index is 2.11. The van der Waals surface area contributed by atoms with Gasteiger partial charge in [0.25, 0.3) is 0 Å². The highest BCUT2D eigenvalue weighted by molar-refractivity contribution is 9.12. The van der Waals surface area contributed by atoms with Gasteiger partial charge in [-0.25, -0.2) is 0 Å². The number of hydrogen-bond donors (Lipinski definition) is 0. The molecule has 1 saturated heterocycles. The average Bonchev–Trinajstić information content (AvgIpc) is 3.07. The molecule has 1 aliphatic heterocycles. The standard InChI is InChI=1S/C13H14Br2O2/c1-8-3-5-9(6-4-8)10(14)11(15)12(16)13(2)7-17-13/h3-6,10-11H,7H2,1-2H3/t10-,11+,13-/m0/s1. The minimum absolute atomic E-state index is 0.0309. The summed E-state index contributed by atoms with van der Waals surface area (Å²) in [5, 5.41) is 0. The van der Waals surface area contributed by atoms with E-state index in [9.17, 15) is 4.79 Å². The largest absolute Gasteiger partial charge is 0.362 e. The molecule has 0 aliphatic carbocycles. The Morgan fingerprint density at radius 1 is 1.35 bits per heavy atom. The molecule has 1 fully saturated rings. The van der Waals surface area contributed by atoms with Gasteiger partial charge in [-0.05, 0) is 19.4 Å². The third-order valence-corrected chi connectivity index (χ3v) is 5.71. The van der Waals surface area contributed by atoms with Crippen LogP contribution in [0.4, 0.5) is 0 Å². The Labute approximate surface area is 118 Å². The normalized spacial score (nSPS) is 26.4. The van der Waals surface area contributed by atoms with E-state index in [1.807, 2.05) is 38.1 Å². The van der Waals surface area contributed by atoms with E-state index >= 15 is 0 Å². The highest BCUT2D eigenvalue weighted by Gasteiger charge is 2.50. The van der Waals surface area contributed by atoms with Crippen molar-refractivity contribution in [2.24, 2.45) is 0 Å². The van der Waals surface area contributed by atoms with Crippen LogP contribution >= 0.6 is 31.9 Å². The molecule has 0 amide bonds. The van der Waals surface area contributed by atoms with Crippen LogP contribution in [0.3, 0.4) is 0 Å². The van der Waals surface area contributed by atoms with Gasteiger partial charge in [0.15, 0.2) is 5.78 Å². The Kier molecular flexibility index (Phi) is 3.76. The predicted molar refractivity (Wildman–Crippen MR) is 74.9 cm³/mol. The highest BCUT2D eigenvalue weighted by Crippen LogP contribution is 2.38. The van der Waals surface area contributed by atoms with E-state index in [-0.39, 0.29) is 15.4 Å². The van der Waals surface area contributed by atoms with Gasteiger partial charge in [-0.3, -0.25) is 4.79 Å². The lowest BCUT2D eigenvalue weighted by Crippen LogP contribution is -2.31. The van der Waals surface area contributed by atoms with Crippen LogP contribution in [-0.4, -0.2) is 22.8 Å². The lowest BCUT2D eigenvalue weighted by Gasteiger charge is -2.18. The molecule has 0 unspecified atom stereocenters. The van der Waals surface area contributed by atoms with Crippen LogP contribution in [-0.2, 0) is 9.53 Å². The first-order chi connectivity index (χ1) is 7.94. The van der Waals surface area contributed by atoms with Crippen molar-refractivity contribution in [2.75, 3.05) is 6.61 Å². The molecular formula is C13H14Br2O2. The van der Waals surface area contributed by atoms with Gasteiger partial charge in [0, 0.05) is 0 Å². The summed E-state index contributed by atoms with van der Waals surface area (Å²) in [6, 6.07) is 8.16. The molecule has 0 bridgehead atoms. The summed E-state index contributed by atoms with van der Waals surface area (Å²) < 4.78 is 5.18. The number of halogens is 2. The van der Waals surface area contributed by atoms with Crippen molar-refractivity contribution in [3.63, 3.8) is 0 Å². The number of Topliss-reactive ketones (excluding diaryl/α,β-unsaturated/α-hetero) is 1. The topological polar surface area (TPSA) is 29.6 Å². The number of ketones is 1. The fourth-order valence-electron chi connectivity index (χ4n) is 1.59. The molecule has 1 aromatic rings. The summed E-state index contributed by atoms with van der Waals surface area (Å²) in [4.78, 5) is 11.8. The lowest BCUT2D eigenvalue weighted by atomic mass is 9.99. The quantitative estimate of drug-likeness (QED) is 0.606. The number of alkyl halides is 2. The number of carbonyl (C=O) groups is 1. The zero-order valence-electron chi connectivity index (χ0n) is 9.74. The molecule has 92 valence electrons. The third-order valence-electron chi connectivity index (χ3n) is 3.00. The number of epoxide rings is 1. The number of rotatable bonds is 4. The van der Waals surface area contributed by atoms with Crippen LogP contribution in [0.2, 0.25) is 0 Å². The summed E-state index contributed by atoms with van der Waals surface area (Å²) in [5.74, 6) is 0.0972. The Hall–Kier alpha value is -0.190. The maximum Gasteiger partial charge on any atom is 0.181 e. The summed E-state index contributed by atoms with van der Waals surface area (Å²) in [7, 11) is 0. The van der Waals surface area contributed by atoms with E-state index in [0.717, 1.165) is 5.56 Å². The van der Waals surface area contributed by atoms with Crippen molar-refractivity contribution < 1.29 is 9.53 Å². The van der Waals surface area contributed by atoms with Gasteiger partial charge in [0.1, 0.15) is 5.60 Å². The molecule has 1 heterocycles. The highest BCUT2D eigenvalue weighted by atomic mass is 79.9. The maximum atomic E-state index is 12.1. The molecule has 0 radical (unpaired) electrons. The Morgan fingerprint density at radius 2 is 1.88 bits per heavy atom. The SMILES string of the molecule is Cc1ccc([C@H](Br)[C@@H](Br)C(=O)[C@]2(C)CO2)cc1. The minimum atomic E-state index is -0.578. The van der Waals surface area contributed by atoms with Gasteiger partial charge in [0.2, 0.25) is 0 Å². The fraction of sp³-hybridized carbons (Fsp3) is 0.462. The van der Waals surface area contributed by atoms with Crippen molar-refractivity contribution in [3.05, 3.63) is 35.4 Å². The summed E-state index contributed by atoms with van der Waals surface area (Å²) >= 11 is 7.04. The van der Waals surface area contributed by atoms with Crippen molar-refractivity contribution in [1.29, 1.82) is 0 Å². The van der Waals surface area contributed by atoms with Crippen molar-refractivity contribution >= 4 is 37.6 Å². The molecule has 1 aliphatic rings. The Bertz CT molecular complexity index is 424. The number of aryl methyl sites for hydroxylation is 1. The van der Waals surface area contributed by atoms with Gasteiger partial charge < -0.3 is 4.74 Å². The number of ether oxygens (including phenoxy) is 1. The maximum absolute atomic E-state index is 12.1. The number of carbonyl (C=O) groups excluding carboxylic acids is 1. The first-order valence-corrected chi connectivity index (χ1v) is 7.30. The molecular weight excluding hydrogens is 348 g/mol.